The number of nitrogens with one attached hydrogen (secondary N) is 1. The van der Waals surface area contributed by atoms with Crippen LogP contribution in [0.4, 0.5) is 5.69 Å². The van der Waals surface area contributed by atoms with Crippen LogP contribution < -0.4 is 5.43 Å². The van der Waals surface area contributed by atoms with E-state index in [0.717, 1.165) is 30.8 Å². The van der Waals surface area contributed by atoms with E-state index in [2.05, 4.69) is 88.0 Å². The van der Waals surface area contributed by atoms with Gasteiger partial charge >= 0.3 is 0 Å². The fraction of sp³-hybridized carbons (Fsp3) is 0.364. The lowest BCUT2D eigenvalue weighted by atomic mass is 9.89. The Bertz CT molecular complexity index is 712. The first-order chi connectivity index (χ1) is 11.5. The summed E-state index contributed by atoms with van der Waals surface area (Å²) in [6.45, 7) is 17.3. The Labute approximate surface area is 147 Å². The fourth-order valence-corrected chi connectivity index (χ4v) is 3.22. The minimum absolute atomic E-state index is 0.960. The molecule has 128 valence electrons. The molecule has 2 aromatic carbocycles. The number of rotatable bonds is 7. The summed E-state index contributed by atoms with van der Waals surface area (Å²) in [6.07, 6.45) is 1.03. The van der Waals surface area contributed by atoms with Crippen molar-refractivity contribution in [1.82, 2.24) is 5.01 Å². The van der Waals surface area contributed by atoms with Gasteiger partial charge in [0.25, 0.3) is 0 Å². The Morgan fingerprint density at radius 2 is 1.67 bits per heavy atom. The Hall–Kier alpha value is -2.06. The molecular weight excluding hydrogens is 292 g/mol. The lowest BCUT2D eigenvalue weighted by Crippen LogP contribution is -2.30. The summed E-state index contributed by atoms with van der Waals surface area (Å²) in [5.41, 5.74) is 12.2. The van der Waals surface area contributed by atoms with E-state index < -0.39 is 0 Å². The van der Waals surface area contributed by atoms with E-state index in [1.165, 1.54) is 27.8 Å². The molecule has 0 saturated carbocycles. The van der Waals surface area contributed by atoms with Crippen molar-refractivity contribution >= 4 is 11.3 Å². The molecule has 2 aromatic rings. The van der Waals surface area contributed by atoms with E-state index in [4.69, 9.17) is 0 Å². The molecule has 2 heteroatoms. The number of hydrazine groups is 1. The van der Waals surface area contributed by atoms with Crippen molar-refractivity contribution in [3.8, 4) is 0 Å². The number of nitrogens with zero attached hydrogens (tertiary/aromatic N) is 1. The zero-order valence-electron chi connectivity index (χ0n) is 15.7. The van der Waals surface area contributed by atoms with Crippen LogP contribution in [0.3, 0.4) is 0 Å². The number of aryl methyl sites for hydroxylation is 2. The van der Waals surface area contributed by atoms with Crippen molar-refractivity contribution in [2.45, 2.75) is 41.0 Å². The van der Waals surface area contributed by atoms with Gasteiger partial charge in [-0.3, -0.25) is 0 Å². The van der Waals surface area contributed by atoms with Gasteiger partial charge < -0.3 is 5.43 Å². The third kappa shape index (κ3) is 3.70. The monoisotopic (exact) mass is 322 g/mol. The van der Waals surface area contributed by atoms with E-state index in [1.807, 2.05) is 0 Å². The molecule has 2 rings (SSSR count). The summed E-state index contributed by atoms with van der Waals surface area (Å²) < 4.78 is 0. The molecule has 0 radical (unpaired) electrons. The van der Waals surface area contributed by atoms with E-state index in [1.54, 1.807) is 0 Å². The molecule has 0 atom stereocenters. The highest BCUT2D eigenvalue weighted by Crippen LogP contribution is 2.34. The predicted molar refractivity (Wildman–Crippen MR) is 106 cm³/mol. The first-order valence-electron chi connectivity index (χ1n) is 8.92. The van der Waals surface area contributed by atoms with Crippen molar-refractivity contribution < 1.29 is 0 Å². The van der Waals surface area contributed by atoms with Crippen molar-refractivity contribution in [1.29, 1.82) is 0 Å². The molecule has 24 heavy (non-hydrogen) atoms. The smallest absolute Gasteiger partial charge is 0.0571 e. The van der Waals surface area contributed by atoms with Gasteiger partial charge in [0.2, 0.25) is 0 Å². The highest BCUT2D eigenvalue weighted by Gasteiger charge is 2.16. The van der Waals surface area contributed by atoms with Crippen LogP contribution in [0.25, 0.3) is 5.57 Å². The topological polar surface area (TPSA) is 15.3 Å². The summed E-state index contributed by atoms with van der Waals surface area (Å²) in [7, 11) is 0. The largest absolute Gasteiger partial charge is 0.318 e. The van der Waals surface area contributed by atoms with Gasteiger partial charge in [-0.25, -0.2) is 5.01 Å². The molecule has 0 fully saturated rings. The molecule has 0 amide bonds. The average molecular weight is 322 g/mol. The zero-order chi connectivity index (χ0) is 17.7. The fourth-order valence-electron chi connectivity index (χ4n) is 3.22. The number of hydrogen-bond acceptors (Lipinski definition) is 2. The second-order valence-corrected chi connectivity index (χ2v) is 6.20. The van der Waals surface area contributed by atoms with Gasteiger partial charge in [0.05, 0.1) is 5.69 Å². The maximum absolute atomic E-state index is 4.45. The van der Waals surface area contributed by atoms with Crippen LogP contribution in [0.5, 0.6) is 0 Å². The molecule has 2 nitrogen and oxygen atoms in total. The van der Waals surface area contributed by atoms with Gasteiger partial charge in [-0.05, 0) is 54.2 Å². The highest BCUT2D eigenvalue weighted by atomic mass is 15.5. The van der Waals surface area contributed by atoms with Crippen molar-refractivity contribution in [3.05, 3.63) is 70.8 Å². The molecule has 0 spiro atoms. The number of anilines is 1. The normalized spacial score (nSPS) is 10.9. The standard InChI is InChI=1S/C22H30N2/c1-7-19-14-15-21(23-24(8-2)9-3)22(17(19)5)18(6)20-13-11-10-12-16(20)4/h10-15,23H,6-9H2,1-5H3. The summed E-state index contributed by atoms with van der Waals surface area (Å²) in [4.78, 5) is 0. The summed E-state index contributed by atoms with van der Waals surface area (Å²) in [6, 6.07) is 12.9. The van der Waals surface area contributed by atoms with Gasteiger partial charge in [0, 0.05) is 18.7 Å². The van der Waals surface area contributed by atoms with Crippen LogP contribution in [-0.4, -0.2) is 18.1 Å². The van der Waals surface area contributed by atoms with Crippen LogP contribution in [0.1, 0.15) is 48.6 Å². The van der Waals surface area contributed by atoms with Crippen molar-refractivity contribution in [2.24, 2.45) is 0 Å². The predicted octanol–water partition coefficient (Wildman–Crippen LogP) is 5.60. The molecule has 0 heterocycles. The molecule has 0 aliphatic carbocycles. The third-order valence-corrected chi connectivity index (χ3v) is 4.77. The van der Waals surface area contributed by atoms with E-state index in [-0.39, 0.29) is 0 Å². The minimum atomic E-state index is 0.960. The molecule has 1 N–H and O–H groups in total. The van der Waals surface area contributed by atoms with Crippen LogP contribution >= 0.6 is 0 Å². The molecule has 0 bridgehead atoms. The average Bonchev–Trinajstić information content (AvgIpc) is 2.59. The number of benzene rings is 2. The molecule has 0 aliphatic heterocycles. The van der Waals surface area contributed by atoms with Gasteiger partial charge in [-0.1, -0.05) is 57.7 Å². The van der Waals surface area contributed by atoms with E-state index in [0.29, 0.717) is 0 Å². The van der Waals surface area contributed by atoms with Crippen LogP contribution in [0.15, 0.2) is 43.0 Å². The molecule has 0 aliphatic rings. The second-order valence-electron chi connectivity index (χ2n) is 6.20. The SMILES string of the molecule is C=C(c1ccccc1C)c1c(NN(CC)CC)ccc(CC)c1C. The number of hydrogen-bond donors (Lipinski definition) is 1. The molecular formula is C22H30N2. The van der Waals surface area contributed by atoms with Gasteiger partial charge in [-0.15, -0.1) is 0 Å². The Morgan fingerprint density at radius 3 is 2.25 bits per heavy atom. The van der Waals surface area contributed by atoms with E-state index >= 15 is 0 Å². The third-order valence-electron chi connectivity index (χ3n) is 4.77. The molecule has 0 unspecified atom stereocenters. The lowest BCUT2D eigenvalue weighted by molar-refractivity contribution is 0.367. The zero-order valence-corrected chi connectivity index (χ0v) is 15.7. The quantitative estimate of drug-likeness (QED) is 0.668. The Kier molecular flexibility index (Phi) is 6.22. The Balaban J connectivity index is 2.56. The van der Waals surface area contributed by atoms with E-state index in [9.17, 15) is 0 Å². The highest BCUT2D eigenvalue weighted by molar-refractivity contribution is 5.88. The summed E-state index contributed by atoms with van der Waals surface area (Å²) in [5, 5.41) is 2.22. The first-order valence-corrected chi connectivity index (χ1v) is 8.92. The summed E-state index contributed by atoms with van der Waals surface area (Å²) >= 11 is 0. The van der Waals surface area contributed by atoms with Crippen LogP contribution in [-0.2, 0) is 6.42 Å². The lowest BCUT2D eigenvalue weighted by Gasteiger charge is -2.26. The van der Waals surface area contributed by atoms with Crippen LogP contribution in [0.2, 0.25) is 0 Å². The second kappa shape index (κ2) is 8.16. The van der Waals surface area contributed by atoms with Crippen molar-refractivity contribution in [3.63, 3.8) is 0 Å². The maximum Gasteiger partial charge on any atom is 0.0571 e. The van der Waals surface area contributed by atoms with Gasteiger partial charge in [0.1, 0.15) is 0 Å². The molecule has 0 aromatic heterocycles. The Morgan fingerprint density at radius 1 is 1.00 bits per heavy atom. The minimum Gasteiger partial charge on any atom is -0.318 e. The molecule has 0 saturated heterocycles. The van der Waals surface area contributed by atoms with Gasteiger partial charge in [0.15, 0.2) is 0 Å². The van der Waals surface area contributed by atoms with Crippen LogP contribution in [0, 0.1) is 13.8 Å². The van der Waals surface area contributed by atoms with Gasteiger partial charge in [-0.2, -0.15) is 0 Å². The maximum atomic E-state index is 4.45. The van der Waals surface area contributed by atoms with Crippen molar-refractivity contribution in [2.75, 3.05) is 18.5 Å². The first kappa shape index (κ1) is 18.3. The summed E-state index contributed by atoms with van der Waals surface area (Å²) in [5.74, 6) is 0.